The molecule has 0 saturated heterocycles. The zero-order valence-corrected chi connectivity index (χ0v) is 12.6. The zero-order chi connectivity index (χ0) is 14.6. The second kappa shape index (κ2) is 6.51. The first-order chi connectivity index (χ1) is 8.78. The lowest BCUT2D eigenvalue weighted by atomic mass is 10.4. The average Bonchev–Trinajstić information content (AvgIpc) is 2.73. The Balaban J connectivity index is 3.00. The molecule has 0 fully saturated rings. The molecule has 0 aliphatic heterocycles. The van der Waals surface area contributed by atoms with Gasteiger partial charge in [-0.1, -0.05) is 17.7 Å². The summed E-state index contributed by atoms with van der Waals surface area (Å²) in [5.74, 6) is -1.38. The number of rotatable bonds is 7. The van der Waals surface area contributed by atoms with E-state index in [0.717, 1.165) is 16.1 Å². The number of carboxylic acids is 1. The van der Waals surface area contributed by atoms with Crippen LogP contribution in [0.1, 0.15) is 11.8 Å². The normalized spacial score (nSPS) is 13.4. The number of thiophene rings is 1. The highest BCUT2D eigenvalue weighted by Crippen LogP contribution is 2.24. The molecular weight excluding hydrogens is 310 g/mol. The highest BCUT2D eigenvalue weighted by Gasteiger charge is 2.33. The van der Waals surface area contributed by atoms with E-state index in [1.54, 1.807) is 12.1 Å². The fourth-order valence-corrected chi connectivity index (χ4v) is 3.88. The summed E-state index contributed by atoms with van der Waals surface area (Å²) in [7, 11) is -3.93. The maximum atomic E-state index is 12.1. The number of halogens is 1. The van der Waals surface area contributed by atoms with Crippen molar-refractivity contribution in [2.75, 3.05) is 6.54 Å². The zero-order valence-electron chi connectivity index (χ0n) is 10.2. The molecule has 0 bridgehead atoms. The van der Waals surface area contributed by atoms with E-state index in [0.29, 0.717) is 4.34 Å². The molecule has 1 rings (SSSR count). The lowest BCUT2D eigenvalue weighted by Gasteiger charge is -2.22. The van der Waals surface area contributed by atoms with Gasteiger partial charge in [-0.25, -0.2) is 8.42 Å². The van der Waals surface area contributed by atoms with Crippen molar-refractivity contribution in [2.45, 2.75) is 18.7 Å². The van der Waals surface area contributed by atoms with Crippen molar-refractivity contribution in [3.8, 4) is 0 Å². The van der Waals surface area contributed by atoms with Gasteiger partial charge in [0.1, 0.15) is 0 Å². The van der Waals surface area contributed by atoms with Gasteiger partial charge in [0.15, 0.2) is 5.25 Å². The molecule has 0 aromatic carbocycles. The molecule has 1 unspecified atom stereocenters. The number of nitrogens with zero attached hydrogens (tertiary/aromatic N) is 1. The van der Waals surface area contributed by atoms with Crippen molar-refractivity contribution in [2.24, 2.45) is 0 Å². The number of aliphatic carboxylic acids is 1. The Kier molecular flexibility index (Phi) is 5.54. The summed E-state index contributed by atoms with van der Waals surface area (Å²) in [6.45, 7) is 4.77. The third-order valence-corrected chi connectivity index (χ3v) is 5.76. The highest BCUT2D eigenvalue weighted by molar-refractivity contribution is 7.90. The smallest absolute Gasteiger partial charge is 0.323 e. The minimum absolute atomic E-state index is 0.0511. The van der Waals surface area contributed by atoms with Gasteiger partial charge in [0.25, 0.3) is 0 Å². The fourth-order valence-electron chi connectivity index (χ4n) is 1.36. The summed E-state index contributed by atoms with van der Waals surface area (Å²) < 4.78 is 25.9. The Hall–Kier alpha value is -0.890. The van der Waals surface area contributed by atoms with Crippen molar-refractivity contribution < 1.29 is 18.3 Å². The van der Waals surface area contributed by atoms with E-state index in [1.807, 2.05) is 0 Å². The average molecular weight is 324 g/mol. The quantitative estimate of drug-likeness (QED) is 0.780. The van der Waals surface area contributed by atoms with Crippen LogP contribution in [0.25, 0.3) is 0 Å². The second-order valence-corrected chi connectivity index (χ2v) is 7.87. The molecule has 1 N–H and O–H groups in total. The molecule has 1 aromatic rings. The maximum absolute atomic E-state index is 12.1. The van der Waals surface area contributed by atoms with Crippen LogP contribution in [0.3, 0.4) is 0 Å². The lowest BCUT2D eigenvalue weighted by Crippen LogP contribution is -2.40. The van der Waals surface area contributed by atoms with Gasteiger partial charge < -0.3 is 5.11 Å². The van der Waals surface area contributed by atoms with Gasteiger partial charge in [-0.2, -0.15) is 4.31 Å². The number of sulfonamides is 1. The van der Waals surface area contributed by atoms with Crippen LogP contribution in [-0.2, 0) is 21.4 Å². The summed E-state index contributed by atoms with van der Waals surface area (Å²) in [6, 6.07) is 3.38. The van der Waals surface area contributed by atoms with Crippen LogP contribution in [-0.4, -0.2) is 35.6 Å². The van der Waals surface area contributed by atoms with Crippen LogP contribution in [0, 0.1) is 0 Å². The summed E-state index contributed by atoms with van der Waals surface area (Å²) in [5.41, 5.74) is 0. The third kappa shape index (κ3) is 4.04. The van der Waals surface area contributed by atoms with Crippen molar-refractivity contribution in [1.82, 2.24) is 4.31 Å². The van der Waals surface area contributed by atoms with Crippen LogP contribution in [0.15, 0.2) is 24.8 Å². The van der Waals surface area contributed by atoms with Crippen molar-refractivity contribution in [3.63, 3.8) is 0 Å². The van der Waals surface area contributed by atoms with Crippen LogP contribution in [0.2, 0.25) is 4.34 Å². The topological polar surface area (TPSA) is 74.7 Å². The van der Waals surface area contributed by atoms with Gasteiger partial charge in [0, 0.05) is 18.0 Å². The van der Waals surface area contributed by atoms with Gasteiger partial charge in [0.05, 0.1) is 4.34 Å². The second-order valence-electron chi connectivity index (χ2n) is 3.81. The van der Waals surface area contributed by atoms with Crippen molar-refractivity contribution in [3.05, 3.63) is 34.0 Å². The van der Waals surface area contributed by atoms with Gasteiger partial charge in [0.2, 0.25) is 10.0 Å². The molecule has 1 aromatic heterocycles. The number of carbonyl (C=O) groups is 1. The Bertz CT molecular complexity index is 567. The maximum Gasteiger partial charge on any atom is 0.323 e. The van der Waals surface area contributed by atoms with E-state index in [1.165, 1.54) is 17.4 Å². The molecule has 0 spiro atoms. The monoisotopic (exact) mass is 323 g/mol. The Labute approximate surface area is 121 Å². The van der Waals surface area contributed by atoms with Gasteiger partial charge in [-0.3, -0.25) is 4.79 Å². The molecule has 1 heterocycles. The first-order valence-electron chi connectivity index (χ1n) is 5.36. The van der Waals surface area contributed by atoms with Gasteiger partial charge >= 0.3 is 5.97 Å². The summed E-state index contributed by atoms with van der Waals surface area (Å²) in [6.07, 6.45) is 1.42. The molecule has 0 radical (unpaired) electrons. The molecule has 19 heavy (non-hydrogen) atoms. The third-order valence-electron chi connectivity index (χ3n) is 2.45. The first-order valence-corrected chi connectivity index (χ1v) is 8.05. The molecule has 1 atom stereocenters. The van der Waals surface area contributed by atoms with E-state index in [9.17, 15) is 13.2 Å². The first kappa shape index (κ1) is 16.2. The van der Waals surface area contributed by atoms with Crippen LogP contribution in [0.5, 0.6) is 0 Å². The van der Waals surface area contributed by atoms with Crippen LogP contribution < -0.4 is 0 Å². The van der Waals surface area contributed by atoms with Crippen LogP contribution >= 0.6 is 22.9 Å². The van der Waals surface area contributed by atoms with E-state index in [4.69, 9.17) is 16.7 Å². The largest absolute Gasteiger partial charge is 0.480 e. The lowest BCUT2D eigenvalue weighted by molar-refractivity contribution is -0.136. The molecule has 0 saturated carbocycles. The summed E-state index contributed by atoms with van der Waals surface area (Å²) >= 11 is 7.04. The standard InChI is InChI=1S/C11H14ClNO4S2/c1-3-6-13(7-9-4-5-10(12)18-9)19(16,17)8(2)11(14)15/h3-5,8H,1,6-7H2,2H3,(H,14,15). The predicted molar refractivity (Wildman–Crippen MR) is 76.0 cm³/mol. The Morgan fingerprint density at radius 3 is 2.68 bits per heavy atom. The van der Waals surface area contributed by atoms with E-state index in [-0.39, 0.29) is 13.1 Å². The van der Waals surface area contributed by atoms with Crippen molar-refractivity contribution >= 4 is 38.9 Å². The molecular formula is C11H14ClNO4S2. The summed E-state index contributed by atoms with van der Waals surface area (Å²) in [5, 5.41) is 7.36. The number of hydrogen-bond donors (Lipinski definition) is 1. The molecule has 5 nitrogen and oxygen atoms in total. The van der Waals surface area contributed by atoms with Crippen molar-refractivity contribution in [1.29, 1.82) is 0 Å². The van der Waals surface area contributed by atoms with Crippen LogP contribution in [0.4, 0.5) is 0 Å². The molecule has 106 valence electrons. The van der Waals surface area contributed by atoms with E-state index in [2.05, 4.69) is 6.58 Å². The van der Waals surface area contributed by atoms with E-state index >= 15 is 0 Å². The molecule has 0 aliphatic carbocycles. The Morgan fingerprint density at radius 2 is 2.26 bits per heavy atom. The minimum Gasteiger partial charge on any atom is -0.480 e. The predicted octanol–water partition coefficient (Wildman–Crippen LogP) is 2.19. The Morgan fingerprint density at radius 1 is 1.63 bits per heavy atom. The van der Waals surface area contributed by atoms with Gasteiger partial charge in [-0.15, -0.1) is 17.9 Å². The minimum atomic E-state index is -3.93. The fraction of sp³-hybridized carbons (Fsp3) is 0.364. The van der Waals surface area contributed by atoms with Gasteiger partial charge in [-0.05, 0) is 19.1 Å². The molecule has 8 heteroatoms. The number of hydrogen-bond acceptors (Lipinski definition) is 4. The molecule has 0 amide bonds. The SMILES string of the molecule is C=CCN(Cc1ccc(Cl)s1)S(=O)(=O)C(C)C(=O)O. The number of carboxylic acid groups (broad SMARTS) is 1. The summed E-state index contributed by atoms with van der Waals surface area (Å²) in [4.78, 5) is 11.6. The van der Waals surface area contributed by atoms with E-state index < -0.39 is 21.2 Å². The molecule has 0 aliphatic rings. The highest BCUT2D eigenvalue weighted by atomic mass is 35.5.